The molecule has 5 heteroatoms. The Bertz CT molecular complexity index is 463. The van der Waals surface area contributed by atoms with Crippen molar-refractivity contribution in [3.05, 3.63) is 46.5 Å². The fraction of sp³-hybridized carbons (Fsp3) is 0.273. The molecule has 0 saturated carbocycles. The molecule has 1 unspecified atom stereocenters. The fourth-order valence-electron chi connectivity index (χ4n) is 1.46. The van der Waals surface area contributed by atoms with Crippen molar-refractivity contribution in [3.8, 4) is 0 Å². The molecule has 0 aliphatic carbocycles. The Hall–Kier alpha value is -1.20. The van der Waals surface area contributed by atoms with Crippen LogP contribution in [0.25, 0.3) is 0 Å². The van der Waals surface area contributed by atoms with E-state index in [0.717, 1.165) is 22.3 Å². The number of rotatable bonds is 3. The van der Waals surface area contributed by atoms with Crippen LogP contribution in [0.5, 0.6) is 0 Å². The van der Waals surface area contributed by atoms with Gasteiger partial charge in [-0.2, -0.15) is 5.10 Å². The molecular weight excluding hydrogens is 268 g/mol. The summed E-state index contributed by atoms with van der Waals surface area (Å²) in [5.74, 6) is 0. The van der Waals surface area contributed by atoms with Gasteiger partial charge >= 0.3 is 0 Å². The van der Waals surface area contributed by atoms with E-state index < -0.39 is 0 Å². The van der Waals surface area contributed by atoms with Gasteiger partial charge in [0.25, 0.3) is 0 Å². The lowest BCUT2D eigenvalue weighted by Crippen LogP contribution is -2.12. The Kier molecular flexibility index (Phi) is 3.36. The molecule has 84 valence electrons. The summed E-state index contributed by atoms with van der Waals surface area (Å²) in [6.45, 7) is 2.89. The van der Waals surface area contributed by atoms with Crippen LogP contribution >= 0.6 is 15.9 Å². The van der Waals surface area contributed by atoms with E-state index in [1.165, 1.54) is 0 Å². The average Bonchev–Trinajstić information content (AvgIpc) is 2.77. The third-order valence-corrected chi connectivity index (χ3v) is 2.87. The first-order valence-electron chi connectivity index (χ1n) is 5.10. The van der Waals surface area contributed by atoms with Crippen LogP contribution in [0.1, 0.15) is 24.2 Å². The first kappa shape index (κ1) is 11.3. The molecule has 16 heavy (non-hydrogen) atoms. The Morgan fingerprint density at radius 1 is 1.44 bits per heavy atom. The van der Waals surface area contributed by atoms with Crippen molar-refractivity contribution >= 4 is 15.9 Å². The SMILES string of the molecule is CCn1cc(C(N)c2ccc(Br)cn2)cn1. The van der Waals surface area contributed by atoms with E-state index in [1.54, 1.807) is 12.4 Å². The van der Waals surface area contributed by atoms with Crippen LogP contribution in [0.2, 0.25) is 0 Å². The van der Waals surface area contributed by atoms with Gasteiger partial charge in [0.05, 0.1) is 17.9 Å². The molecule has 2 N–H and O–H groups in total. The summed E-state index contributed by atoms with van der Waals surface area (Å²) in [5, 5.41) is 4.20. The second-order valence-electron chi connectivity index (χ2n) is 3.51. The summed E-state index contributed by atoms with van der Waals surface area (Å²) in [5.41, 5.74) is 7.93. The highest BCUT2D eigenvalue weighted by molar-refractivity contribution is 9.10. The largest absolute Gasteiger partial charge is 0.319 e. The second kappa shape index (κ2) is 4.76. The molecule has 2 rings (SSSR count). The number of nitrogens with two attached hydrogens (primary N) is 1. The van der Waals surface area contributed by atoms with Crippen LogP contribution in [0, 0.1) is 0 Å². The highest BCUT2D eigenvalue weighted by Gasteiger charge is 2.11. The van der Waals surface area contributed by atoms with Crippen LogP contribution in [-0.4, -0.2) is 14.8 Å². The van der Waals surface area contributed by atoms with E-state index in [9.17, 15) is 0 Å². The molecule has 0 saturated heterocycles. The molecule has 2 aromatic rings. The summed E-state index contributed by atoms with van der Waals surface area (Å²) in [6.07, 6.45) is 5.49. The Labute approximate surface area is 103 Å². The highest BCUT2D eigenvalue weighted by Crippen LogP contribution is 2.18. The van der Waals surface area contributed by atoms with E-state index in [0.29, 0.717) is 0 Å². The number of hydrogen-bond donors (Lipinski definition) is 1. The van der Waals surface area contributed by atoms with Crippen molar-refractivity contribution in [1.29, 1.82) is 0 Å². The Balaban J connectivity index is 2.24. The lowest BCUT2D eigenvalue weighted by molar-refractivity contribution is 0.658. The molecule has 0 radical (unpaired) electrons. The van der Waals surface area contributed by atoms with Crippen LogP contribution in [0.15, 0.2) is 35.2 Å². The summed E-state index contributed by atoms with van der Waals surface area (Å²) in [7, 11) is 0. The Morgan fingerprint density at radius 2 is 2.25 bits per heavy atom. The molecular formula is C11H13BrN4. The number of nitrogens with zero attached hydrogens (tertiary/aromatic N) is 3. The maximum Gasteiger partial charge on any atom is 0.0757 e. The number of aryl methyl sites for hydroxylation is 1. The van der Waals surface area contributed by atoms with Gasteiger partial charge in [0, 0.05) is 29.0 Å². The molecule has 0 amide bonds. The van der Waals surface area contributed by atoms with Gasteiger partial charge in [-0.1, -0.05) is 0 Å². The van der Waals surface area contributed by atoms with Crippen LogP contribution in [-0.2, 0) is 6.54 Å². The molecule has 1 atom stereocenters. The van der Waals surface area contributed by atoms with Gasteiger partial charge in [0.2, 0.25) is 0 Å². The second-order valence-corrected chi connectivity index (χ2v) is 4.42. The normalized spacial score (nSPS) is 12.7. The van der Waals surface area contributed by atoms with Gasteiger partial charge in [-0.25, -0.2) is 0 Å². The third kappa shape index (κ3) is 2.31. The zero-order chi connectivity index (χ0) is 11.5. The van der Waals surface area contributed by atoms with Crippen molar-refractivity contribution in [2.45, 2.75) is 19.5 Å². The quantitative estimate of drug-likeness (QED) is 0.937. The lowest BCUT2D eigenvalue weighted by Gasteiger charge is -2.08. The zero-order valence-corrected chi connectivity index (χ0v) is 10.6. The maximum atomic E-state index is 6.10. The van der Waals surface area contributed by atoms with E-state index in [2.05, 4.69) is 26.0 Å². The summed E-state index contributed by atoms with van der Waals surface area (Å²) >= 11 is 3.35. The molecule has 0 aliphatic heterocycles. The van der Waals surface area contributed by atoms with E-state index in [1.807, 2.05) is 29.9 Å². The summed E-state index contributed by atoms with van der Waals surface area (Å²) in [6, 6.07) is 3.64. The molecule has 0 bridgehead atoms. The first-order valence-corrected chi connectivity index (χ1v) is 5.89. The van der Waals surface area contributed by atoms with Gasteiger partial charge in [-0.15, -0.1) is 0 Å². The number of halogens is 1. The van der Waals surface area contributed by atoms with Crippen molar-refractivity contribution < 1.29 is 0 Å². The molecule has 2 aromatic heterocycles. The van der Waals surface area contributed by atoms with Gasteiger partial charge in [-0.3, -0.25) is 9.67 Å². The predicted octanol–water partition coefficient (Wildman–Crippen LogP) is 2.11. The van der Waals surface area contributed by atoms with E-state index >= 15 is 0 Å². The third-order valence-electron chi connectivity index (χ3n) is 2.41. The van der Waals surface area contributed by atoms with Gasteiger partial charge < -0.3 is 5.73 Å². The van der Waals surface area contributed by atoms with Crippen LogP contribution < -0.4 is 5.73 Å². The smallest absolute Gasteiger partial charge is 0.0757 e. The number of aromatic nitrogens is 3. The predicted molar refractivity (Wildman–Crippen MR) is 65.9 cm³/mol. The van der Waals surface area contributed by atoms with Gasteiger partial charge in [0.1, 0.15) is 0 Å². The van der Waals surface area contributed by atoms with E-state index in [-0.39, 0.29) is 6.04 Å². The van der Waals surface area contributed by atoms with Gasteiger partial charge in [-0.05, 0) is 35.0 Å². The van der Waals surface area contributed by atoms with Crippen molar-refractivity contribution in [2.75, 3.05) is 0 Å². The van der Waals surface area contributed by atoms with E-state index in [4.69, 9.17) is 5.73 Å². The van der Waals surface area contributed by atoms with Crippen LogP contribution in [0.3, 0.4) is 0 Å². The molecule has 2 heterocycles. The molecule has 0 spiro atoms. The van der Waals surface area contributed by atoms with Crippen molar-refractivity contribution in [2.24, 2.45) is 5.73 Å². The Morgan fingerprint density at radius 3 is 2.81 bits per heavy atom. The standard InChI is InChI=1S/C11H13BrN4/c1-2-16-7-8(5-15-16)11(13)10-4-3-9(12)6-14-10/h3-7,11H,2,13H2,1H3. The first-order chi connectivity index (χ1) is 7.70. The van der Waals surface area contributed by atoms with Gasteiger partial charge in [0.15, 0.2) is 0 Å². The van der Waals surface area contributed by atoms with Crippen molar-refractivity contribution in [3.63, 3.8) is 0 Å². The van der Waals surface area contributed by atoms with Crippen molar-refractivity contribution in [1.82, 2.24) is 14.8 Å². The summed E-state index contributed by atoms with van der Waals surface area (Å²) in [4.78, 5) is 4.28. The van der Waals surface area contributed by atoms with Crippen LogP contribution in [0.4, 0.5) is 0 Å². The topological polar surface area (TPSA) is 56.7 Å². The molecule has 4 nitrogen and oxygen atoms in total. The maximum absolute atomic E-state index is 6.10. The average molecular weight is 281 g/mol. The highest BCUT2D eigenvalue weighted by atomic mass is 79.9. The zero-order valence-electron chi connectivity index (χ0n) is 8.97. The number of pyridine rings is 1. The fourth-order valence-corrected chi connectivity index (χ4v) is 1.69. The number of hydrogen-bond acceptors (Lipinski definition) is 3. The minimum Gasteiger partial charge on any atom is -0.319 e. The summed E-state index contributed by atoms with van der Waals surface area (Å²) < 4.78 is 2.81. The lowest BCUT2D eigenvalue weighted by atomic mass is 10.1. The molecule has 0 aliphatic rings. The minimum absolute atomic E-state index is 0.214. The minimum atomic E-state index is -0.214. The molecule has 0 fully saturated rings. The molecule has 0 aromatic carbocycles. The monoisotopic (exact) mass is 280 g/mol.